The van der Waals surface area contributed by atoms with Crippen LogP contribution in [0.3, 0.4) is 0 Å². The van der Waals surface area contributed by atoms with Gasteiger partial charge in [-0.15, -0.1) is 0 Å². The fraction of sp³-hybridized carbons (Fsp3) is 0.545. The quantitative estimate of drug-likeness (QED) is 0.770. The second-order valence-electron chi connectivity index (χ2n) is 3.54. The normalized spacial score (nSPS) is 10.6. The van der Waals surface area contributed by atoms with E-state index in [0.717, 1.165) is 17.7 Å². The lowest BCUT2D eigenvalue weighted by Crippen LogP contribution is -2.30. The van der Waals surface area contributed by atoms with Crippen LogP contribution in [0.15, 0.2) is 18.3 Å². The van der Waals surface area contributed by atoms with E-state index < -0.39 is 0 Å². The number of alkyl halides is 1. The van der Waals surface area contributed by atoms with Crippen molar-refractivity contribution in [1.82, 2.24) is 4.98 Å². The molecule has 0 aliphatic rings. The van der Waals surface area contributed by atoms with Crippen LogP contribution in [0, 0.1) is 0 Å². The lowest BCUT2D eigenvalue weighted by atomic mass is 10.2. The van der Waals surface area contributed by atoms with Crippen molar-refractivity contribution >= 4 is 21.7 Å². The Bertz CT molecular complexity index is 269. The van der Waals surface area contributed by atoms with E-state index in [4.69, 9.17) is 0 Å². The van der Waals surface area contributed by atoms with Gasteiger partial charge < -0.3 is 4.90 Å². The van der Waals surface area contributed by atoms with Crippen LogP contribution in [-0.2, 0) is 5.33 Å². The minimum atomic E-state index is 0.502. The zero-order valence-electron chi connectivity index (χ0n) is 9.00. The van der Waals surface area contributed by atoms with Crippen LogP contribution in [0.4, 0.5) is 5.82 Å². The summed E-state index contributed by atoms with van der Waals surface area (Å²) in [5.74, 6) is 1.06. The maximum Gasteiger partial charge on any atom is 0.128 e. The van der Waals surface area contributed by atoms with Crippen molar-refractivity contribution in [3.8, 4) is 0 Å². The molecular formula is C11H17BrN2. The Morgan fingerprint density at radius 1 is 1.43 bits per heavy atom. The summed E-state index contributed by atoms with van der Waals surface area (Å²) in [5.41, 5.74) is 1.22. The standard InChI is InChI=1S/C11H17BrN2/c1-4-14(9(2)3)11-6-5-10(7-12)8-13-11/h5-6,8-9H,4,7H2,1-3H3. The molecule has 0 aliphatic heterocycles. The second kappa shape index (κ2) is 5.35. The monoisotopic (exact) mass is 256 g/mol. The summed E-state index contributed by atoms with van der Waals surface area (Å²) in [6.45, 7) is 7.52. The minimum Gasteiger partial charge on any atom is -0.354 e. The van der Waals surface area contributed by atoms with Gasteiger partial charge in [0, 0.05) is 24.1 Å². The number of aromatic nitrogens is 1. The highest BCUT2D eigenvalue weighted by Crippen LogP contribution is 2.14. The van der Waals surface area contributed by atoms with Gasteiger partial charge in [-0.25, -0.2) is 4.98 Å². The van der Waals surface area contributed by atoms with Gasteiger partial charge in [0.25, 0.3) is 0 Å². The number of rotatable bonds is 4. The molecule has 0 aliphatic carbocycles. The van der Waals surface area contributed by atoms with Crippen LogP contribution in [0.25, 0.3) is 0 Å². The maximum absolute atomic E-state index is 4.44. The van der Waals surface area contributed by atoms with Gasteiger partial charge in [0.15, 0.2) is 0 Å². The average Bonchev–Trinajstić information content (AvgIpc) is 2.19. The SMILES string of the molecule is CCN(c1ccc(CBr)cn1)C(C)C. The summed E-state index contributed by atoms with van der Waals surface area (Å²) in [7, 11) is 0. The summed E-state index contributed by atoms with van der Waals surface area (Å²) in [6.07, 6.45) is 1.93. The first-order valence-electron chi connectivity index (χ1n) is 4.96. The van der Waals surface area contributed by atoms with E-state index >= 15 is 0 Å². The zero-order chi connectivity index (χ0) is 10.6. The topological polar surface area (TPSA) is 16.1 Å². The van der Waals surface area contributed by atoms with Gasteiger partial charge in [0.1, 0.15) is 5.82 Å². The number of nitrogens with zero attached hydrogens (tertiary/aromatic N) is 2. The summed E-state index contributed by atoms with van der Waals surface area (Å²) in [4.78, 5) is 6.71. The van der Waals surface area contributed by atoms with Crippen LogP contribution < -0.4 is 4.90 Å². The van der Waals surface area contributed by atoms with E-state index in [1.807, 2.05) is 6.20 Å². The molecule has 78 valence electrons. The van der Waals surface area contributed by atoms with Crippen molar-refractivity contribution < 1.29 is 0 Å². The Kier molecular flexibility index (Phi) is 4.39. The number of hydrogen-bond donors (Lipinski definition) is 0. The van der Waals surface area contributed by atoms with Crippen molar-refractivity contribution in [2.24, 2.45) is 0 Å². The Balaban J connectivity index is 2.84. The van der Waals surface area contributed by atoms with Gasteiger partial charge in [-0.1, -0.05) is 22.0 Å². The fourth-order valence-corrected chi connectivity index (χ4v) is 1.79. The van der Waals surface area contributed by atoms with E-state index in [1.54, 1.807) is 0 Å². The first kappa shape index (κ1) is 11.5. The number of hydrogen-bond acceptors (Lipinski definition) is 2. The molecule has 0 bridgehead atoms. The fourth-order valence-electron chi connectivity index (χ4n) is 1.46. The van der Waals surface area contributed by atoms with Gasteiger partial charge in [0.05, 0.1) is 0 Å². The Morgan fingerprint density at radius 2 is 2.14 bits per heavy atom. The highest BCUT2D eigenvalue weighted by Gasteiger charge is 2.08. The van der Waals surface area contributed by atoms with Gasteiger partial charge in [-0.3, -0.25) is 0 Å². The molecule has 3 heteroatoms. The Hall–Kier alpha value is -0.570. The van der Waals surface area contributed by atoms with Crippen molar-refractivity contribution in [1.29, 1.82) is 0 Å². The van der Waals surface area contributed by atoms with Crippen LogP contribution in [-0.4, -0.2) is 17.6 Å². The average molecular weight is 257 g/mol. The molecule has 0 spiro atoms. The molecule has 2 nitrogen and oxygen atoms in total. The first-order valence-corrected chi connectivity index (χ1v) is 6.08. The molecule has 0 fully saturated rings. The maximum atomic E-state index is 4.44. The van der Waals surface area contributed by atoms with E-state index in [-0.39, 0.29) is 0 Å². The van der Waals surface area contributed by atoms with E-state index in [1.165, 1.54) is 5.56 Å². The highest BCUT2D eigenvalue weighted by molar-refractivity contribution is 9.08. The summed E-state index contributed by atoms with van der Waals surface area (Å²) < 4.78 is 0. The van der Waals surface area contributed by atoms with E-state index in [9.17, 15) is 0 Å². The van der Waals surface area contributed by atoms with Crippen molar-refractivity contribution in [3.05, 3.63) is 23.9 Å². The van der Waals surface area contributed by atoms with Gasteiger partial charge in [-0.2, -0.15) is 0 Å². The molecule has 0 unspecified atom stereocenters. The summed E-state index contributed by atoms with van der Waals surface area (Å²) in [5, 5.41) is 0.869. The largest absolute Gasteiger partial charge is 0.354 e. The van der Waals surface area contributed by atoms with E-state index in [2.05, 4.69) is 58.7 Å². The molecule has 0 amide bonds. The molecule has 1 aromatic heterocycles. The molecule has 0 radical (unpaired) electrons. The predicted molar refractivity (Wildman–Crippen MR) is 65.0 cm³/mol. The van der Waals surface area contributed by atoms with E-state index in [0.29, 0.717) is 6.04 Å². The van der Waals surface area contributed by atoms with Gasteiger partial charge >= 0.3 is 0 Å². The Labute approximate surface area is 94.5 Å². The highest BCUT2D eigenvalue weighted by atomic mass is 79.9. The smallest absolute Gasteiger partial charge is 0.128 e. The predicted octanol–water partition coefficient (Wildman–Crippen LogP) is 3.21. The molecular weight excluding hydrogens is 240 g/mol. The third kappa shape index (κ3) is 2.71. The van der Waals surface area contributed by atoms with Crippen LogP contribution >= 0.6 is 15.9 Å². The first-order chi connectivity index (χ1) is 6.69. The summed E-state index contributed by atoms with van der Waals surface area (Å²) in [6, 6.07) is 4.70. The molecule has 0 saturated carbocycles. The lowest BCUT2D eigenvalue weighted by molar-refractivity contribution is 0.693. The van der Waals surface area contributed by atoms with Crippen LogP contribution in [0.1, 0.15) is 26.3 Å². The van der Waals surface area contributed by atoms with Gasteiger partial charge in [0.2, 0.25) is 0 Å². The minimum absolute atomic E-state index is 0.502. The van der Waals surface area contributed by atoms with Crippen molar-refractivity contribution in [3.63, 3.8) is 0 Å². The number of pyridine rings is 1. The van der Waals surface area contributed by atoms with Crippen LogP contribution in [0.2, 0.25) is 0 Å². The van der Waals surface area contributed by atoms with Crippen molar-refractivity contribution in [2.45, 2.75) is 32.1 Å². The van der Waals surface area contributed by atoms with Crippen molar-refractivity contribution in [2.75, 3.05) is 11.4 Å². The zero-order valence-corrected chi connectivity index (χ0v) is 10.6. The molecule has 0 saturated heterocycles. The molecule has 14 heavy (non-hydrogen) atoms. The third-order valence-electron chi connectivity index (χ3n) is 2.22. The molecule has 0 aromatic carbocycles. The summed E-state index contributed by atoms with van der Waals surface area (Å²) >= 11 is 3.41. The lowest BCUT2D eigenvalue weighted by Gasteiger charge is -2.26. The second-order valence-corrected chi connectivity index (χ2v) is 4.10. The number of anilines is 1. The molecule has 0 atom stereocenters. The molecule has 0 N–H and O–H groups in total. The van der Waals surface area contributed by atoms with Gasteiger partial charge in [-0.05, 0) is 32.4 Å². The molecule has 1 aromatic rings. The number of halogens is 1. The third-order valence-corrected chi connectivity index (χ3v) is 2.87. The molecule has 1 rings (SSSR count). The van der Waals surface area contributed by atoms with Crippen LogP contribution in [0.5, 0.6) is 0 Å². The molecule has 1 heterocycles. The Morgan fingerprint density at radius 3 is 2.50 bits per heavy atom.